The van der Waals surface area contributed by atoms with Gasteiger partial charge in [0.15, 0.2) is 0 Å². The van der Waals surface area contributed by atoms with Crippen molar-refractivity contribution in [2.75, 3.05) is 26.3 Å². The average Bonchev–Trinajstić information content (AvgIpc) is 2.83. The Morgan fingerprint density at radius 2 is 1.69 bits per heavy atom. The number of carbonyl (C=O) groups excluding carboxylic acids is 2. The van der Waals surface area contributed by atoms with Crippen molar-refractivity contribution in [2.45, 2.75) is 38.1 Å². The molecule has 0 saturated carbocycles. The predicted octanol–water partition coefficient (Wildman–Crippen LogP) is 1.77. The Bertz CT molecular complexity index is 931. The fourth-order valence-corrected chi connectivity index (χ4v) is 4.16. The van der Waals surface area contributed by atoms with Crippen LogP contribution in [0.3, 0.4) is 0 Å². The highest BCUT2D eigenvalue weighted by molar-refractivity contribution is 5.98. The number of ether oxygens (including phenoxy) is 1. The molecule has 3 N–H and O–H groups in total. The van der Waals surface area contributed by atoms with Crippen molar-refractivity contribution in [1.29, 1.82) is 0 Å². The summed E-state index contributed by atoms with van der Waals surface area (Å²) in [6, 6.07) is 14.3. The Labute approximate surface area is 194 Å². The Kier molecular flexibility index (Phi) is 8.26. The van der Waals surface area contributed by atoms with Crippen molar-refractivity contribution in [1.82, 2.24) is 15.5 Å². The zero-order valence-corrected chi connectivity index (χ0v) is 18.9. The maximum atomic E-state index is 12.7. The zero-order valence-electron chi connectivity index (χ0n) is 18.1. The van der Waals surface area contributed by atoms with Gasteiger partial charge in [-0.1, -0.05) is 24.3 Å². The van der Waals surface area contributed by atoms with Crippen LogP contribution in [0.5, 0.6) is 0 Å². The van der Waals surface area contributed by atoms with Gasteiger partial charge in [-0.3, -0.25) is 9.59 Å². The van der Waals surface area contributed by atoms with Crippen molar-refractivity contribution in [3.63, 3.8) is 0 Å². The molecule has 0 spiro atoms. The molecule has 8 heteroatoms. The molecule has 0 radical (unpaired) electrons. The van der Waals surface area contributed by atoms with E-state index < -0.39 is 12.1 Å². The van der Waals surface area contributed by atoms with Crippen molar-refractivity contribution in [3.05, 3.63) is 70.8 Å². The third-order valence-electron chi connectivity index (χ3n) is 6.09. The number of carbonyl (C=O) groups is 2. The number of fused-ring (bicyclic) bond motifs is 1. The van der Waals surface area contributed by atoms with Crippen molar-refractivity contribution < 1.29 is 19.4 Å². The number of hydrogen-bond donors (Lipinski definition) is 3. The number of hydrogen-bond acceptors (Lipinski definition) is 5. The largest absolute Gasteiger partial charge is 0.389 e. The van der Waals surface area contributed by atoms with Crippen LogP contribution in [0.15, 0.2) is 48.5 Å². The maximum absolute atomic E-state index is 12.7. The maximum Gasteiger partial charge on any atom is 0.254 e. The van der Waals surface area contributed by atoms with E-state index in [0.717, 1.165) is 6.42 Å². The Balaban J connectivity index is 0.00000289. The topological polar surface area (TPSA) is 90.9 Å². The molecule has 0 aromatic heterocycles. The number of rotatable bonds is 5. The van der Waals surface area contributed by atoms with Crippen LogP contribution in [0, 0.1) is 0 Å². The summed E-state index contributed by atoms with van der Waals surface area (Å²) in [6.45, 7) is 4.77. The molecule has 2 heterocycles. The first-order valence-electron chi connectivity index (χ1n) is 10.8. The highest BCUT2D eigenvalue weighted by atomic mass is 35.5. The summed E-state index contributed by atoms with van der Waals surface area (Å²) >= 11 is 0. The van der Waals surface area contributed by atoms with Crippen molar-refractivity contribution in [2.24, 2.45) is 0 Å². The SMILES string of the molecule is CC(NC(=O)c1ccc(C(=O)N2CCOCC2)cc1)[C@@H](O)[C@@H]1Cc2ccccc2CN1.Cl. The fraction of sp³-hybridized carbons (Fsp3) is 0.417. The number of morpholine rings is 1. The second kappa shape index (κ2) is 10.9. The lowest BCUT2D eigenvalue weighted by atomic mass is 9.90. The molecule has 7 nitrogen and oxygen atoms in total. The summed E-state index contributed by atoms with van der Waals surface area (Å²) in [5.74, 6) is -0.323. The summed E-state index contributed by atoms with van der Waals surface area (Å²) in [5, 5.41) is 17.0. The Hall–Kier alpha value is -2.45. The van der Waals surface area contributed by atoms with Gasteiger partial charge in [0.05, 0.1) is 25.4 Å². The van der Waals surface area contributed by atoms with Crippen LogP contribution in [-0.4, -0.2) is 66.3 Å². The van der Waals surface area contributed by atoms with Crippen LogP contribution >= 0.6 is 12.4 Å². The summed E-state index contributed by atoms with van der Waals surface area (Å²) in [7, 11) is 0. The summed E-state index contributed by atoms with van der Waals surface area (Å²) in [6.07, 6.45) is -0.00455. The van der Waals surface area contributed by atoms with Gasteiger partial charge in [0, 0.05) is 36.8 Å². The number of halogens is 1. The van der Waals surface area contributed by atoms with E-state index in [1.165, 1.54) is 11.1 Å². The molecule has 2 aromatic rings. The van der Waals surface area contributed by atoms with E-state index >= 15 is 0 Å². The van der Waals surface area contributed by atoms with Crippen LogP contribution < -0.4 is 10.6 Å². The highest BCUT2D eigenvalue weighted by Gasteiger charge is 2.29. The van der Waals surface area contributed by atoms with Crippen LogP contribution in [0.4, 0.5) is 0 Å². The number of aliphatic hydroxyl groups is 1. The van der Waals surface area contributed by atoms with Gasteiger partial charge in [-0.2, -0.15) is 0 Å². The van der Waals surface area contributed by atoms with E-state index in [-0.39, 0.29) is 30.3 Å². The molecule has 1 saturated heterocycles. The van der Waals surface area contributed by atoms with Gasteiger partial charge in [0.2, 0.25) is 0 Å². The van der Waals surface area contributed by atoms with E-state index in [1.54, 1.807) is 36.1 Å². The molecule has 0 aliphatic carbocycles. The van der Waals surface area contributed by atoms with Gasteiger partial charge in [-0.15, -0.1) is 12.4 Å². The number of amides is 2. The van der Waals surface area contributed by atoms with E-state index in [1.807, 2.05) is 12.1 Å². The van der Waals surface area contributed by atoms with Gasteiger partial charge < -0.3 is 25.4 Å². The second-order valence-corrected chi connectivity index (χ2v) is 8.19. The second-order valence-electron chi connectivity index (χ2n) is 8.19. The zero-order chi connectivity index (χ0) is 21.8. The smallest absolute Gasteiger partial charge is 0.254 e. The van der Waals surface area contributed by atoms with Crippen LogP contribution in [-0.2, 0) is 17.7 Å². The summed E-state index contributed by atoms with van der Waals surface area (Å²) in [5.41, 5.74) is 3.48. The molecule has 32 heavy (non-hydrogen) atoms. The lowest BCUT2D eigenvalue weighted by molar-refractivity contribution is 0.0303. The monoisotopic (exact) mass is 459 g/mol. The lowest BCUT2D eigenvalue weighted by Crippen LogP contribution is -2.53. The summed E-state index contributed by atoms with van der Waals surface area (Å²) in [4.78, 5) is 27.0. The predicted molar refractivity (Wildman–Crippen MR) is 124 cm³/mol. The van der Waals surface area contributed by atoms with E-state index in [4.69, 9.17) is 4.74 Å². The number of aliphatic hydroxyl groups excluding tert-OH is 1. The van der Waals surface area contributed by atoms with Crippen LogP contribution in [0.1, 0.15) is 38.8 Å². The Morgan fingerprint density at radius 1 is 1.06 bits per heavy atom. The third-order valence-corrected chi connectivity index (χ3v) is 6.09. The lowest BCUT2D eigenvalue weighted by Gasteiger charge is -2.33. The number of benzene rings is 2. The Morgan fingerprint density at radius 3 is 2.38 bits per heavy atom. The van der Waals surface area contributed by atoms with E-state index in [0.29, 0.717) is 44.0 Å². The average molecular weight is 460 g/mol. The first-order chi connectivity index (χ1) is 15.0. The third kappa shape index (κ3) is 5.48. The molecule has 172 valence electrons. The van der Waals surface area contributed by atoms with E-state index in [2.05, 4.69) is 22.8 Å². The minimum atomic E-state index is -0.723. The quantitative estimate of drug-likeness (QED) is 0.634. The number of nitrogens with one attached hydrogen (secondary N) is 2. The van der Waals surface area contributed by atoms with Gasteiger partial charge in [-0.25, -0.2) is 0 Å². The molecular formula is C24H30ClN3O4. The van der Waals surface area contributed by atoms with E-state index in [9.17, 15) is 14.7 Å². The van der Waals surface area contributed by atoms with Gasteiger partial charge in [0.25, 0.3) is 11.8 Å². The molecule has 2 amide bonds. The van der Waals surface area contributed by atoms with Crippen LogP contribution in [0.2, 0.25) is 0 Å². The standard InChI is InChI=1S/C24H29N3O4.ClH/c1-16(22(28)21-14-19-4-2-3-5-20(19)15-25-21)26-23(29)17-6-8-18(9-7-17)24(30)27-10-12-31-13-11-27;/h2-9,16,21-22,25,28H,10-15H2,1H3,(H,26,29);1H/t16?,21-,22+;/m0./s1. The molecule has 2 aliphatic heterocycles. The minimum Gasteiger partial charge on any atom is -0.389 e. The van der Waals surface area contributed by atoms with Gasteiger partial charge in [-0.05, 0) is 48.7 Å². The molecule has 1 unspecified atom stereocenters. The molecule has 4 rings (SSSR count). The summed E-state index contributed by atoms with van der Waals surface area (Å²) < 4.78 is 5.28. The molecular weight excluding hydrogens is 430 g/mol. The number of nitrogens with zero attached hydrogens (tertiary/aromatic N) is 1. The van der Waals surface area contributed by atoms with Crippen molar-refractivity contribution in [3.8, 4) is 0 Å². The first-order valence-corrected chi connectivity index (χ1v) is 10.8. The molecule has 2 aromatic carbocycles. The van der Waals surface area contributed by atoms with Crippen LogP contribution in [0.25, 0.3) is 0 Å². The van der Waals surface area contributed by atoms with Gasteiger partial charge >= 0.3 is 0 Å². The van der Waals surface area contributed by atoms with Crippen molar-refractivity contribution >= 4 is 24.2 Å². The molecule has 1 fully saturated rings. The molecule has 3 atom stereocenters. The fourth-order valence-electron chi connectivity index (χ4n) is 4.16. The minimum absolute atomic E-state index is 0. The molecule has 2 aliphatic rings. The highest BCUT2D eigenvalue weighted by Crippen LogP contribution is 2.19. The first kappa shape index (κ1) is 24.2. The van der Waals surface area contributed by atoms with Gasteiger partial charge in [0.1, 0.15) is 0 Å². The normalized spacial score (nSPS) is 19.8. The molecule has 0 bridgehead atoms.